The first kappa shape index (κ1) is 14.3. The van der Waals surface area contributed by atoms with Gasteiger partial charge in [0.15, 0.2) is 10.7 Å². The van der Waals surface area contributed by atoms with E-state index in [1.165, 1.54) is 0 Å². The fourth-order valence-electron chi connectivity index (χ4n) is 2.18. The Morgan fingerprint density at radius 1 is 1.18 bits per heavy atom. The maximum Gasteiger partial charge on any atom is 0.267 e. The maximum atomic E-state index is 12.4. The number of sulfonamides is 1. The summed E-state index contributed by atoms with van der Waals surface area (Å²) in [4.78, 5) is 4.04. The molecule has 0 aliphatic carbocycles. The summed E-state index contributed by atoms with van der Waals surface area (Å²) in [6.45, 7) is 3.16. The third-order valence-corrected chi connectivity index (χ3v) is 4.78. The van der Waals surface area contributed by atoms with Crippen LogP contribution in [0.25, 0.3) is 5.69 Å². The highest BCUT2D eigenvalue weighted by Crippen LogP contribution is 2.22. The summed E-state index contributed by atoms with van der Waals surface area (Å²) in [5, 5.41) is 3.67. The first-order valence-corrected chi connectivity index (χ1v) is 8.00. The second kappa shape index (κ2) is 5.30. The summed E-state index contributed by atoms with van der Waals surface area (Å²) in [6.07, 6.45) is 5.15. The number of nitrogens with one attached hydrogen (secondary N) is 1. The molecule has 0 unspecified atom stereocenters. The SMILES string of the molecule is Cc1noc(C)c1S(=O)(=O)Nc1ccc(-n2ccnc2)cc1. The summed E-state index contributed by atoms with van der Waals surface area (Å²) in [6, 6.07) is 6.97. The van der Waals surface area contributed by atoms with E-state index in [0.29, 0.717) is 11.4 Å². The van der Waals surface area contributed by atoms with Gasteiger partial charge in [0.1, 0.15) is 5.69 Å². The van der Waals surface area contributed by atoms with Crippen LogP contribution in [0.5, 0.6) is 0 Å². The first-order valence-electron chi connectivity index (χ1n) is 6.51. The van der Waals surface area contributed by atoms with Crippen molar-refractivity contribution in [1.29, 1.82) is 0 Å². The fraction of sp³-hybridized carbons (Fsp3) is 0.143. The lowest BCUT2D eigenvalue weighted by atomic mass is 10.3. The van der Waals surface area contributed by atoms with E-state index in [1.54, 1.807) is 50.6 Å². The minimum Gasteiger partial charge on any atom is -0.360 e. The summed E-state index contributed by atoms with van der Waals surface area (Å²) in [5.74, 6) is 0.264. The highest BCUT2D eigenvalue weighted by molar-refractivity contribution is 7.92. The molecule has 2 heterocycles. The molecular formula is C14H14N4O3S. The van der Waals surface area contributed by atoms with Crippen molar-refractivity contribution in [3.63, 3.8) is 0 Å². The second-order valence-electron chi connectivity index (χ2n) is 4.78. The van der Waals surface area contributed by atoms with E-state index in [0.717, 1.165) is 5.69 Å². The molecule has 0 spiro atoms. The van der Waals surface area contributed by atoms with E-state index in [4.69, 9.17) is 4.52 Å². The lowest BCUT2D eigenvalue weighted by Gasteiger charge is -2.08. The molecular weight excluding hydrogens is 304 g/mol. The minimum atomic E-state index is -3.72. The van der Waals surface area contributed by atoms with Crippen molar-refractivity contribution in [2.75, 3.05) is 4.72 Å². The van der Waals surface area contributed by atoms with E-state index in [2.05, 4.69) is 14.9 Å². The van der Waals surface area contributed by atoms with Crippen molar-refractivity contribution in [1.82, 2.24) is 14.7 Å². The average Bonchev–Trinajstić information content (AvgIpc) is 3.09. The normalized spacial score (nSPS) is 11.5. The van der Waals surface area contributed by atoms with Crippen LogP contribution in [0, 0.1) is 13.8 Å². The Morgan fingerprint density at radius 3 is 2.45 bits per heavy atom. The first-order chi connectivity index (χ1) is 10.5. The Morgan fingerprint density at radius 2 is 1.91 bits per heavy atom. The highest BCUT2D eigenvalue weighted by atomic mass is 32.2. The van der Waals surface area contributed by atoms with E-state index in [1.807, 2.05) is 10.8 Å². The molecule has 0 fully saturated rings. The minimum absolute atomic E-state index is 0.0752. The smallest absolute Gasteiger partial charge is 0.267 e. The Labute approximate surface area is 127 Å². The number of imidazole rings is 1. The molecule has 0 aliphatic heterocycles. The molecule has 0 saturated carbocycles. The van der Waals surface area contributed by atoms with Crippen LogP contribution in [-0.4, -0.2) is 23.1 Å². The van der Waals surface area contributed by atoms with Crippen molar-refractivity contribution in [2.24, 2.45) is 0 Å². The Balaban J connectivity index is 1.87. The number of benzene rings is 1. The van der Waals surface area contributed by atoms with Gasteiger partial charge in [0.05, 0.1) is 6.33 Å². The molecule has 114 valence electrons. The average molecular weight is 318 g/mol. The molecule has 8 heteroatoms. The van der Waals surface area contributed by atoms with Gasteiger partial charge in [0, 0.05) is 23.8 Å². The maximum absolute atomic E-state index is 12.4. The second-order valence-corrected chi connectivity index (χ2v) is 6.39. The summed E-state index contributed by atoms with van der Waals surface area (Å²) < 4.78 is 34.0. The molecule has 2 aromatic heterocycles. The van der Waals surface area contributed by atoms with Crippen molar-refractivity contribution in [2.45, 2.75) is 18.7 Å². The number of aryl methyl sites for hydroxylation is 2. The predicted molar refractivity (Wildman–Crippen MR) is 80.3 cm³/mol. The van der Waals surface area contributed by atoms with Gasteiger partial charge >= 0.3 is 0 Å². The quantitative estimate of drug-likeness (QED) is 0.797. The third-order valence-electron chi connectivity index (χ3n) is 3.16. The molecule has 0 radical (unpaired) electrons. The molecule has 0 bridgehead atoms. The number of anilines is 1. The van der Waals surface area contributed by atoms with Crippen molar-refractivity contribution >= 4 is 15.7 Å². The topological polar surface area (TPSA) is 90.0 Å². The molecule has 1 N–H and O–H groups in total. The molecule has 1 aromatic carbocycles. The number of nitrogens with zero attached hydrogens (tertiary/aromatic N) is 3. The van der Waals surface area contributed by atoms with Gasteiger partial charge in [-0.2, -0.15) is 0 Å². The van der Waals surface area contributed by atoms with Gasteiger partial charge in [-0.1, -0.05) is 5.16 Å². The molecule has 0 atom stereocenters. The van der Waals surface area contributed by atoms with Gasteiger partial charge in [-0.05, 0) is 38.1 Å². The lowest BCUT2D eigenvalue weighted by Crippen LogP contribution is -2.14. The van der Waals surface area contributed by atoms with Crippen LogP contribution in [0.4, 0.5) is 5.69 Å². The molecule has 0 saturated heterocycles. The van der Waals surface area contributed by atoms with Crippen LogP contribution >= 0.6 is 0 Å². The van der Waals surface area contributed by atoms with E-state index in [9.17, 15) is 8.42 Å². The molecule has 0 aliphatic rings. The molecule has 3 aromatic rings. The summed E-state index contributed by atoms with van der Waals surface area (Å²) in [5.41, 5.74) is 1.68. The van der Waals surface area contributed by atoms with Crippen molar-refractivity contribution in [3.8, 4) is 5.69 Å². The highest BCUT2D eigenvalue weighted by Gasteiger charge is 2.24. The largest absolute Gasteiger partial charge is 0.360 e. The van der Waals surface area contributed by atoms with Gasteiger partial charge in [-0.15, -0.1) is 0 Å². The molecule has 0 amide bonds. The number of rotatable bonds is 4. The number of hydrogen-bond acceptors (Lipinski definition) is 5. The van der Waals surface area contributed by atoms with Crippen molar-refractivity contribution in [3.05, 3.63) is 54.4 Å². The molecule has 3 rings (SSSR count). The van der Waals surface area contributed by atoms with Gasteiger partial charge in [-0.25, -0.2) is 13.4 Å². The van der Waals surface area contributed by atoms with Gasteiger partial charge in [-0.3, -0.25) is 4.72 Å². The van der Waals surface area contributed by atoms with Gasteiger partial charge in [0.2, 0.25) is 0 Å². The van der Waals surface area contributed by atoms with E-state index < -0.39 is 10.0 Å². The van der Waals surface area contributed by atoms with Crippen LogP contribution < -0.4 is 4.72 Å². The fourth-order valence-corrected chi connectivity index (χ4v) is 3.57. The Kier molecular flexibility index (Phi) is 3.45. The molecule has 22 heavy (non-hydrogen) atoms. The van der Waals surface area contributed by atoms with Crippen molar-refractivity contribution < 1.29 is 12.9 Å². The van der Waals surface area contributed by atoms with Crippen LogP contribution in [0.3, 0.4) is 0 Å². The van der Waals surface area contributed by atoms with Crippen LogP contribution in [-0.2, 0) is 10.0 Å². The Hall–Kier alpha value is -2.61. The standard InChI is InChI=1S/C14H14N4O3S/c1-10-14(11(2)21-16-10)22(19,20)17-12-3-5-13(6-4-12)18-8-7-15-9-18/h3-9,17H,1-2H3. The van der Waals surface area contributed by atoms with E-state index in [-0.39, 0.29) is 10.7 Å². The van der Waals surface area contributed by atoms with Crippen LogP contribution in [0.1, 0.15) is 11.5 Å². The van der Waals surface area contributed by atoms with E-state index >= 15 is 0 Å². The third kappa shape index (κ3) is 2.60. The summed E-state index contributed by atoms with van der Waals surface area (Å²) >= 11 is 0. The summed E-state index contributed by atoms with van der Waals surface area (Å²) in [7, 11) is -3.72. The zero-order valence-electron chi connectivity index (χ0n) is 12.0. The monoisotopic (exact) mass is 318 g/mol. The van der Waals surface area contributed by atoms with Crippen LogP contribution in [0.15, 0.2) is 52.4 Å². The zero-order valence-corrected chi connectivity index (χ0v) is 12.8. The molecule has 7 nitrogen and oxygen atoms in total. The number of aromatic nitrogens is 3. The predicted octanol–water partition coefficient (Wildman–Crippen LogP) is 2.28. The van der Waals surface area contributed by atoms with Gasteiger partial charge in [0.25, 0.3) is 10.0 Å². The van der Waals surface area contributed by atoms with Crippen LogP contribution in [0.2, 0.25) is 0 Å². The number of hydrogen-bond donors (Lipinski definition) is 1. The zero-order chi connectivity index (χ0) is 15.7. The van der Waals surface area contributed by atoms with Gasteiger partial charge < -0.3 is 9.09 Å². The Bertz CT molecular complexity index is 861. The lowest BCUT2D eigenvalue weighted by molar-refractivity contribution is 0.390.